The topological polar surface area (TPSA) is 29.5 Å². The molecular formula is C4H8O2W. The Morgan fingerprint density at radius 3 is 2.43 bits per heavy atom. The van der Waals surface area contributed by atoms with Crippen molar-refractivity contribution in [2.24, 2.45) is 0 Å². The normalized spacial score (nSPS) is 29.6. The molecule has 0 spiro atoms. The molecule has 1 heterocycles. The van der Waals surface area contributed by atoms with Gasteiger partial charge in [0.05, 0.1) is 12.7 Å². The first-order chi connectivity index (χ1) is 2.89. The van der Waals surface area contributed by atoms with Crippen LogP contribution in [0.25, 0.3) is 0 Å². The average molecular weight is 272 g/mol. The first-order valence-electron chi connectivity index (χ1n) is 2.15. The molecule has 2 nitrogen and oxygen atoms in total. The van der Waals surface area contributed by atoms with E-state index in [-0.39, 0.29) is 27.2 Å². The van der Waals surface area contributed by atoms with E-state index >= 15 is 0 Å². The third kappa shape index (κ3) is 2.42. The SMILES string of the molecule is OC1CCOC1.[W]. The predicted molar refractivity (Wildman–Crippen MR) is 21.4 cm³/mol. The second-order valence-electron chi connectivity index (χ2n) is 1.52. The maximum Gasteiger partial charge on any atom is 0.0795 e. The van der Waals surface area contributed by atoms with Gasteiger partial charge in [0.15, 0.2) is 0 Å². The summed E-state index contributed by atoms with van der Waals surface area (Å²) in [6, 6.07) is 0. The molecule has 0 saturated carbocycles. The van der Waals surface area contributed by atoms with Crippen LogP contribution in [-0.2, 0) is 25.8 Å². The van der Waals surface area contributed by atoms with E-state index in [1.165, 1.54) is 0 Å². The van der Waals surface area contributed by atoms with Crippen molar-refractivity contribution in [1.29, 1.82) is 0 Å². The Hall–Kier alpha value is 0.608. The number of hydrogen-bond donors (Lipinski definition) is 1. The predicted octanol–water partition coefficient (Wildman–Crippen LogP) is -0.235. The van der Waals surface area contributed by atoms with E-state index in [0.29, 0.717) is 6.61 Å². The Labute approximate surface area is 57.1 Å². The Bertz CT molecular complexity index is 43.0. The summed E-state index contributed by atoms with van der Waals surface area (Å²) in [6.07, 6.45) is 0.644. The zero-order valence-electron chi connectivity index (χ0n) is 3.96. The molecule has 1 aliphatic heterocycles. The summed E-state index contributed by atoms with van der Waals surface area (Å²) in [5.41, 5.74) is 0. The summed E-state index contributed by atoms with van der Waals surface area (Å²) < 4.78 is 4.81. The minimum absolute atomic E-state index is 0. The Kier molecular flexibility index (Phi) is 3.90. The molecule has 0 aliphatic carbocycles. The monoisotopic (exact) mass is 272 g/mol. The van der Waals surface area contributed by atoms with Crippen LogP contribution in [0.5, 0.6) is 0 Å². The van der Waals surface area contributed by atoms with Gasteiger partial charge in [0.1, 0.15) is 0 Å². The minimum atomic E-state index is -0.176. The van der Waals surface area contributed by atoms with Crippen molar-refractivity contribution in [2.75, 3.05) is 13.2 Å². The molecule has 0 aromatic rings. The second kappa shape index (κ2) is 3.59. The first kappa shape index (κ1) is 7.61. The molecule has 0 bridgehead atoms. The van der Waals surface area contributed by atoms with E-state index in [4.69, 9.17) is 9.84 Å². The number of aliphatic hydroxyl groups is 1. The van der Waals surface area contributed by atoms with Gasteiger partial charge in [-0.05, 0) is 6.42 Å². The van der Waals surface area contributed by atoms with Crippen molar-refractivity contribution < 1.29 is 30.9 Å². The van der Waals surface area contributed by atoms with Gasteiger partial charge in [-0.15, -0.1) is 0 Å². The minimum Gasteiger partial charge on any atom is -0.391 e. The number of hydrogen-bond acceptors (Lipinski definition) is 2. The fourth-order valence-corrected chi connectivity index (χ4v) is 0.522. The summed E-state index contributed by atoms with van der Waals surface area (Å²) in [5, 5.41) is 8.60. The first-order valence-corrected chi connectivity index (χ1v) is 2.15. The van der Waals surface area contributed by atoms with Gasteiger partial charge in [0, 0.05) is 27.7 Å². The quantitative estimate of drug-likeness (QED) is 0.659. The van der Waals surface area contributed by atoms with Crippen LogP contribution >= 0.6 is 0 Å². The standard InChI is InChI=1S/C4H8O2.W/c5-4-1-2-6-3-4;/h4-5H,1-3H2;. The Morgan fingerprint density at radius 1 is 1.57 bits per heavy atom. The fraction of sp³-hybridized carbons (Fsp3) is 1.00. The fourth-order valence-electron chi connectivity index (χ4n) is 0.522. The van der Waals surface area contributed by atoms with Crippen LogP contribution in [0.2, 0.25) is 0 Å². The van der Waals surface area contributed by atoms with Gasteiger partial charge in [-0.3, -0.25) is 0 Å². The molecule has 1 rings (SSSR count). The number of ether oxygens (including phenoxy) is 1. The van der Waals surface area contributed by atoms with Gasteiger partial charge in [-0.25, -0.2) is 0 Å². The Balaban J connectivity index is 0.000000360. The molecule has 1 aliphatic rings. The smallest absolute Gasteiger partial charge is 0.0795 e. The van der Waals surface area contributed by atoms with Crippen LogP contribution in [0.15, 0.2) is 0 Å². The third-order valence-corrected chi connectivity index (χ3v) is 0.906. The zero-order chi connectivity index (χ0) is 4.41. The van der Waals surface area contributed by atoms with Crippen molar-refractivity contribution in [2.45, 2.75) is 12.5 Å². The van der Waals surface area contributed by atoms with Crippen molar-refractivity contribution in [1.82, 2.24) is 0 Å². The summed E-state index contributed by atoms with van der Waals surface area (Å²) in [4.78, 5) is 0. The molecule has 1 fully saturated rings. The largest absolute Gasteiger partial charge is 0.391 e. The van der Waals surface area contributed by atoms with Crippen molar-refractivity contribution in [3.05, 3.63) is 0 Å². The van der Waals surface area contributed by atoms with Crippen LogP contribution in [0, 0.1) is 0 Å². The second-order valence-corrected chi connectivity index (χ2v) is 1.52. The molecule has 0 amide bonds. The van der Waals surface area contributed by atoms with Crippen LogP contribution in [-0.4, -0.2) is 24.4 Å². The van der Waals surface area contributed by atoms with Crippen LogP contribution in [0.1, 0.15) is 6.42 Å². The molecule has 7 heavy (non-hydrogen) atoms. The van der Waals surface area contributed by atoms with E-state index in [1.54, 1.807) is 0 Å². The number of aliphatic hydroxyl groups excluding tert-OH is 1. The molecule has 1 N–H and O–H groups in total. The summed E-state index contributed by atoms with van der Waals surface area (Å²) in [7, 11) is 0. The number of rotatable bonds is 0. The van der Waals surface area contributed by atoms with Gasteiger partial charge in [-0.1, -0.05) is 0 Å². The van der Waals surface area contributed by atoms with E-state index in [0.717, 1.165) is 13.0 Å². The molecule has 3 heteroatoms. The summed E-state index contributed by atoms with van der Waals surface area (Å²) in [5.74, 6) is 0. The van der Waals surface area contributed by atoms with Gasteiger partial charge >= 0.3 is 0 Å². The average Bonchev–Trinajstić information content (AvgIpc) is 1.86. The van der Waals surface area contributed by atoms with Crippen molar-refractivity contribution in [3.63, 3.8) is 0 Å². The maximum atomic E-state index is 8.60. The molecule has 0 aromatic carbocycles. The van der Waals surface area contributed by atoms with Crippen LogP contribution in [0.3, 0.4) is 0 Å². The molecule has 1 atom stereocenters. The maximum absolute atomic E-state index is 8.60. The van der Waals surface area contributed by atoms with E-state index in [1.807, 2.05) is 0 Å². The molecule has 1 saturated heterocycles. The van der Waals surface area contributed by atoms with Crippen LogP contribution in [0.4, 0.5) is 0 Å². The molecule has 1 unspecified atom stereocenters. The van der Waals surface area contributed by atoms with Crippen LogP contribution < -0.4 is 0 Å². The van der Waals surface area contributed by atoms with Gasteiger partial charge in [0.2, 0.25) is 0 Å². The van der Waals surface area contributed by atoms with Crippen molar-refractivity contribution in [3.8, 4) is 0 Å². The molecule has 0 radical (unpaired) electrons. The third-order valence-electron chi connectivity index (χ3n) is 0.906. The molecule has 0 aromatic heterocycles. The van der Waals surface area contributed by atoms with Gasteiger partial charge in [-0.2, -0.15) is 0 Å². The van der Waals surface area contributed by atoms with E-state index in [2.05, 4.69) is 0 Å². The Morgan fingerprint density at radius 2 is 2.29 bits per heavy atom. The van der Waals surface area contributed by atoms with Gasteiger partial charge < -0.3 is 9.84 Å². The zero-order valence-corrected chi connectivity index (χ0v) is 6.90. The van der Waals surface area contributed by atoms with E-state index < -0.39 is 0 Å². The molecular weight excluding hydrogens is 264 g/mol. The van der Waals surface area contributed by atoms with E-state index in [9.17, 15) is 0 Å². The van der Waals surface area contributed by atoms with Crippen molar-refractivity contribution >= 4 is 0 Å². The van der Waals surface area contributed by atoms with Gasteiger partial charge in [0.25, 0.3) is 0 Å². The molecule has 42 valence electrons. The summed E-state index contributed by atoms with van der Waals surface area (Å²) >= 11 is 0. The summed E-state index contributed by atoms with van der Waals surface area (Å²) in [6.45, 7) is 1.28.